The van der Waals surface area contributed by atoms with Gasteiger partial charge < -0.3 is 4.90 Å². The first-order valence-corrected chi connectivity index (χ1v) is 7.56. The molecule has 0 amide bonds. The van der Waals surface area contributed by atoms with Crippen molar-refractivity contribution in [2.24, 2.45) is 11.0 Å². The van der Waals surface area contributed by atoms with Gasteiger partial charge in [-0.3, -0.25) is 10.1 Å². The minimum atomic E-state index is -0.330. The molecule has 23 heavy (non-hydrogen) atoms. The third-order valence-corrected chi connectivity index (χ3v) is 4.07. The summed E-state index contributed by atoms with van der Waals surface area (Å²) in [5.74, 6) is 0.681. The van der Waals surface area contributed by atoms with E-state index < -0.39 is 0 Å². The van der Waals surface area contributed by atoms with E-state index >= 15 is 0 Å². The number of hydrogen-bond donors (Lipinski definition) is 0. The molecule has 1 aromatic heterocycles. The molecule has 8 heteroatoms. The van der Waals surface area contributed by atoms with Crippen molar-refractivity contribution in [2.45, 2.75) is 19.8 Å². The first-order chi connectivity index (χ1) is 11.1. The largest absolute Gasteiger partial charge is 0.366 e. The van der Waals surface area contributed by atoms with E-state index in [4.69, 9.17) is 0 Å². The maximum absolute atomic E-state index is 11.4. The first kappa shape index (κ1) is 15.1. The molecule has 2 heterocycles. The SMILES string of the molecule is CC1CCN(c2ccc(C=Nn3cnnc3)cc2[N+](=O)[O-])CC1. The van der Waals surface area contributed by atoms with Crippen LogP contribution in [0.2, 0.25) is 0 Å². The summed E-state index contributed by atoms with van der Waals surface area (Å²) in [6.07, 6.45) is 6.59. The van der Waals surface area contributed by atoms with Gasteiger partial charge in [-0.15, -0.1) is 10.2 Å². The molecule has 0 atom stereocenters. The molecule has 1 fully saturated rings. The molecule has 1 saturated heterocycles. The molecule has 2 aromatic rings. The molecular weight excluding hydrogens is 296 g/mol. The van der Waals surface area contributed by atoms with Gasteiger partial charge in [0.1, 0.15) is 18.3 Å². The predicted molar refractivity (Wildman–Crippen MR) is 86.7 cm³/mol. The van der Waals surface area contributed by atoms with E-state index in [0.717, 1.165) is 25.9 Å². The van der Waals surface area contributed by atoms with Crippen molar-refractivity contribution in [2.75, 3.05) is 18.0 Å². The van der Waals surface area contributed by atoms with Gasteiger partial charge >= 0.3 is 0 Å². The van der Waals surface area contributed by atoms with Crippen LogP contribution in [0.25, 0.3) is 0 Å². The molecule has 8 nitrogen and oxygen atoms in total. The fourth-order valence-electron chi connectivity index (χ4n) is 2.67. The van der Waals surface area contributed by atoms with Crippen LogP contribution in [0, 0.1) is 16.0 Å². The van der Waals surface area contributed by atoms with E-state index in [0.29, 0.717) is 17.2 Å². The van der Waals surface area contributed by atoms with Crippen molar-refractivity contribution >= 4 is 17.6 Å². The molecular formula is C15H18N6O2. The zero-order valence-corrected chi connectivity index (χ0v) is 12.9. The van der Waals surface area contributed by atoms with Crippen molar-refractivity contribution in [1.29, 1.82) is 0 Å². The summed E-state index contributed by atoms with van der Waals surface area (Å²) in [7, 11) is 0. The summed E-state index contributed by atoms with van der Waals surface area (Å²) in [5, 5.41) is 22.8. The topological polar surface area (TPSA) is 89.5 Å². The highest BCUT2D eigenvalue weighted by molar-refractivity contribution is 5.83. The van der Waals surface area contributed by atoms with Crippen molar-refractivity contribution in [3.63, 3.8) is 0 Å². The molecule has 0 saturated carbocycles. The summed E-state index contributed by atoms with van der Waals surface area (Å²) in [5.41, 5.74) is 1.47. The number of rotatable bonds is 4. The third-order valence-electron chi connectivity index (χ3n) is 4.07. The van der Waals surface area contributed by atoms with Crippen LogP contribution in [0.3, 0.4) is 0 Å². The van der Waals surface area contributed by atoms with Gasteiger partial charge in [0.2, 0.25) is 0 Å². The molecule has 0 spiro atoms. The number of anilines is 1. The summed E-state index contributed by atoms with van der Waals surface area (Å²) >= 11 is 0. The highest BCUT2D eigenvalue weighted by atomic mass is 16.6. The van der Waals surface area contributed by atoms with Gasteiger partial charge in [0.25, 0.3) is 5.69 Å². The number of benzene rings is 1. The fourth-order valence-corrected chi connectivity index (χ4v) is 2.67. The molecule has 1 aliphatic rings. The van der Waals surface area contributed by atoms with Crippen LogP contribution < -0.4 is 4.90 Å². The van der Waals surface area contributed by atoms with Gasteiger partial charge in [0, 0.05) is 24.7 Å². The van der Waals surface area contributed by atoms with Crippen molar-refractivity contribution in [1.82, 2.24) is 14.9 Å². The smallest absolute Gasteiger partial charge is 0.293 e. The van der Waals surface area contributed by atoms with Crippen LogP contribution in [0.15, 0.2) is 36.0 Å². The monoisotopic (exact) mass is 314 g/mol. The van der Waals surface area contributed by atoms with Crippen LogP contribution in [0.4, 0.5) is 11.4 Å². The van der Waals surface area contributed by atoms with E-state index in [1.54, 1.807) is 12.3 Å². The lowest BCUT2D eigenvalue weighted by molar-refractivity contribution is -0.384. The zero-order valence-electron chi connectivity index (χ0n) is 12.9. The summed E-state index contributed by atoms with van der Waals surface area (Å²) in [6, 6.07) is 5.21. The van der Waals surface area contributed by atoms with Crippen molar-refractivity contribution in [3.05, 3.63) is 46.5 Å². The van der Waals surface area contributed by atoms with Gasteiger partial charge in [-0.25, -0.2) is 4.68 Å². The summed E-state index contributed by atoms with van der Waals surface area (Å²) < 4.78 is 1.44. The Labute approximate surface area is 133 Å². The zero-order chi connectivity index (χ0) is 16.2. The lowest BCUT2D eigenvalue weighted by Gasteiger charge is -2.31. The molecule has 0 bridgehead atoms. The molecule has 1 aliphatic heterocycles. The molecule has 1 aromatic carbocycles. The Morgan fingerprint density at radius 3 is 2.65 bits per heavy atom. The average molecular weight is 314 g/mol. The lowest BCUT2D eigenvalue weighted by atomic mass is 9.98. The van der Waals surface area contributed by atoms with Crippen molar-refractivity contribution < 1.29 is 4.92 Å². The van der Waals surface area contributed by atoms with E-state index in [-0.39, 0.29) is 10.6 Å². The maximum atomic E-state index is 11.4. The third kappa shape index (κ3) is 3.53. The van der Waals surface area contributed by atoms with Gasteiger partial charge in [-0.1, -0.05) is 13.0 Å². The molecule has 0 unspecified atom stereocenters. The number of piperidine rings is 1. The van der Waals surface area contributed by atoms with Crippen LogP contribution in [-0.2, 0) is 0 Å². The van der Waals surface area contributed by atoms with Gasteiger partial charge in [0.15, 0.2) is 0 Å². The van der Waals surface area contributed by atoms with Crippen LogP contribution in [0.1, 0.15) is 25.3 Å². The molecule has 0 N–H and O–H groups in total. The Balaban J connectivity index is 1.85. The average Bonchev–Trinajstić information content (AvgIpc) is 3.07. The lowest BCUT2D eigenvalue weighted by Crippen LogP contribution is -2.33. The number of nitro benzene ring substituents is 1. The number of nitrogens with zero attached hydrogens (tertiary/aromatic N) is 6. The molecule has 0 radical (unpaired) electrons. The Hall–Kier alpha value is -2.77. The number of hydrogen-bond acceptors (Lipinski definition) is 6. The second kappa shape index (κ2) is 6.55. The van der Waals surface area contributed by atoms with E-state index in [1.807, 2.05) is 12.1 Å². The Morgan fingerprint density at radius 1 is 1.30 bits per heavy atom. The van der Waals surface area contributed by atoms with Gasteiger partial charge in [-0.05, 0) is 24.8 Å². The minimum absolute atomic E-state index is 0.118. The van der Waals surface area contributed by atoms with Crippen LogP contribution in [0.5, 0.6) is 0 Å². The highest BCUT2D eigenvalue weighted by Crippen LogP contribution is 2.31. The minimum Gasteiger partial charge on any atom is -0.366 e. The second-order valence-corrected chi connectivity index (χ2v) is 5.76. The predicted octanol–water partition coefficient (Wildman–Crippen LogP) is 2.30. The maximum Gasteiger partial charge on any atom is 0.293 e. The van der Waals surface area contributed by atoms with Gasteiger partial charge in [-0.2, -0.15) is 5.10 Å². The Kier molecular flexibility index (Phi) is 4.31. The number of aromatic nitrogens is 3. The molecule has 3 rings (SSSR count). The van der Waals surface area contributed by atoms with Gasteiger partial charge in [0.05, 0.1) is 11.1 Å². The molecule has 120 valence electrons. The highest BCUT2D eigenvalue weighted by Gasteiger charge is 2.23. The van der Waals surface area contributed by atoms with Crippen LogP contribution >= 0.6 is 0 Å². The Bertz CT molecular complexity index is 705. The fraction of sp³-hybridized carbons (Fsp3) is 0.400. The first-order valence-electron chi connectivity index (χ1n) is 7.56. The standard InChI is InChI=1S/C15H18N6O2/c1-12-4-6-19(7-5-12)14-3-2-13(8-15(14)21(22)23)9-18-20-10-16-17-11-20/h2-3,8-12H,4-7H2,1H3. The normalized spacial score (nSPS) is 16.1. The summed E-state index contributed by atoms with van der Waals surface area (Å²) in [4.78, 5) is 13.2. The van der Waals surface area contributed by atoms with E-state index in [2.05, 4.69) is 27.1 Å². The Morgan fingerprint density at radius 2 is 2.00 bits per heavy atom. The molecule has 0 aliphatic carbocycles. The van der Waals surface area contributed by atoms with E-state index in [1.165, 1.54) is 17.3 Å². The summed E-state index contributed by atoms with van der Waals surface area (Å²) in [6.45, 7) is 3.93. The van der Waals surface area contributed by atoms with E-state index in [9.17, 15) is 10.1 Å². The van der Waals surface area contributed by atoms with Crippen LogP contribution in [-0.4, -0.2) is 39.1 Å². The number of nitro groups is 1. The quantitative estimate of drug-likeness (QED) is 0.491. The second-order valence-electron chi connectivity index (χ2n) is 5.76. The van der Waals surface area contributed by atoms with Crippen molar-refractivity contribution in [3.8, 4) is 0 Å².